The zero-order valence-electron chi connectivity index (χ0n) is 18.8. The fourth-order valence-corrected chi connectivity index (χ4v) is 4.74. The molecule has 8 heteroatoms. The van der Waals surface area contributed by atoms with Gasteiger partial charge in [-0.15, -0.1) is 0 Å². The van der Waals surface area contributed by atoms with Gasteiger partial charge in [-0.3, -0.25) is 19.4 Å². The van der Waals surface area contributed by atoms with E-state index in [0.717, 1.165) is 11.1 Å². The van der Waals surface area contributed by atoms with Crippen molar-refractivity contribution in [1.29, 1.82) is 0 Å². The van der Waals surface area contributed by atoms with Crippen LogP contribution in [-0.2, 0) is 9.59 Å². The van der Waals surface area contributed by atoms with Gasteiger partial charge in [0.2, 0.25) is 5.91 Å². The highest BCUT2D eigenvalue weighted by Gasteiger charge is 2.46. The maximum atomic E-state index is 13.5. The Morgan fingerprint density at radius 2 is 2.00 bits per heavy atom. The second-order valence-corrected chi connectivity index (χ2v) is 9.43. The molecule has 2 unspecified atom stereocenters. The van der Waals surface area contributed by atoms with Crippen LogP contribution in [0.15, 0.2) is 48.7 Å². The molecule has 0 saturated carbocycles. The summed E-state index contributed by atoms with van der Waals surface area (Å²) >= 11 is 0. The van der Waals surface area contributed by atoms with Gasteiger partial charge >= 0.3 is 0 Å². The summed E-state index contributed by atoms with van der Waals surface area (Å²) in [6.07, 6.45) is 2.17. The predicted octanol–water partition coefficient (Wildman–Crippen LogP) is 2.99. The van der Waals surface area contributed by atoms with Gasteiger partial charge in [0, 0.05) is 28.7 Å². The number of pyridine rings is 2. The van der Waals surface area contributed by atoms with Crippen LogP contribution in [0.25, 0.3) is 10.9 Å². The average molecular weight is 444 g/mol. The number of nitrogens with zero attached hydrogens (tertiary/aromatic N) is 3. The van der Waals surface area contributed by atoms with Gasteiger partial charge in [0.25, 0.3) is 11.8 Å². The molecule has 1 saturated heterocycles. The number of hydrogen-bond acceptors (Lipinski definition) is 5. The van der Waals surface area contributed by atoms with Crippen molar-refractivity contribution in [3.05, 3.63) is 65.6 Å². The smallest absolute Gasteiger partial charge is 0.273 e. The lowest BCUT2D eigenvalue weighted by Gasteiger charge is -2.26. The zero-order chi connectivity index (χ0) is 23.3. The molecule has 2 N–H and O–H groups in total. The number of aryl methyl sites for hydroxylation is 1. The molecule has 1 fully saturated rings. The Bertz CT molecular complexity index is 1280. The van der Waals surface area contributed by atoms with E-state index >= 15 is 0 Å². The molecule has 3 aromatic rings. The van der Waals surface area contributed by atoms with E-state index in [9.17, 15) is 14.4 Å². The molecular weight excluding hydrogens is 418 g/mol. The molecule has 2 aliphatic heterocycles. The lowest BCUT2D eigenvalue weighted by molar-refractivity contribution is -0.125. The van der Waals surface area contributed by atoms with Crippen LogP contribution >= 0.6 is 0 Å². The Morgan fingerprint density at radius 3 is 2.70 bits per heavy atom. The van der Waals surface area contributed by atoms with Crippen LogP contribution in [0.3, 0.4) is 0 Å². The summed E-state index contributed by atoms with van der Waals surface area (Å²) in [6.45, 7) is 5.91. The summed E-state index contributed by atoms with van der Waals surface area (Å²) < 4.78 is 0. The van der Waals surface area contributed by atoms with Gasteiger partial charge in [-0.1, -0.05) is 18.2 Å². The van der Waals surface area contributed by atoms with Crippen LogP contribution in [0.4, 0.5) is 5.69 Å². The monoisotopic (exact) mass is 443 g/mol. The van der Waals surface area contributed by atoms with Crippen LogP contribution < -0.4 is 10.6 Å². The first-order valence-electron chi connectivity index (χ1n) is 11.0. The molecule has 5 rings (SSSR count). The largest absolute Gasteiger partial charge is 0.351 e. The summed E-state index contributed by atoms with van der Waals surface area (Å²) in [7, 11) is 0. The number of aromatic nitrogens is 2. The molecule has 0 spiro atoms. The standard InChI is InChI=1S/C25H25N5O3/c1-14-8-9-17(12-26-14)27-23(32)21-18-10-15-6-4-5-7-19(15)28-20(18)24(33)30(21)13-16-11-25(2,3)29-22(16)31/h4-10,12,16,21H,11,13H2,1-3H3,(H,27,32)(H,29,31). The van der Waals surface area contributed by atoms with Crippen molar-refractivity contribution in [3.8, 4) is 0 Å². The minimum absolute atomic E-state index is 0.108. The van der Waals surface area contributed by atoms with Crippen LogP contribution in [0, 0.1) is 12.8 Å². The Morgan fingerprint density at radius 1 is 1.21 bits per heavy atom. The fourth-order valence-electron chi connectivity index (χ4n) is 4.74. The third-order valence-corrected chi connectivity index (χ3v) is 6.26. The molecule has 2 aliphatic rings. The van der Waals surface area contributed by atoms with Gasteiger partial charge < -0.3 is 15.5 Å². The first-order valence-corrected chi connectivity index (χ1v) is 11.0. The molecule has 2 atom stereocenters. The molecule has 1 aromatic carbocycles. The predicted molar refractivity (Wildman–Crippen MR) is 123 cm³/mol. The van der Waals surface area contributed by atoms with Crippen molar-refractivity contribution >= 4 is 34.3 Å². The van der Waals surface area contributed by atoms with Crippen LogP contribution in [-0.4, -0.2) is 44.7 Å². The molecule has 3 amide bonds. The number of carbonyl (C=O) groups is 3. The lowest BCUT2D eigenvalue weighted by Crippen LogP contribution is -2.40. The maximum absolute atomic E-state index is 13.5. The molecule has 33 heavy (non-hydrogen) atoms. The molecule has 0 aliphatic carbocycles. The summed E-state index contributed by atoms with van der Waals surface area (Å²) in [4.78, 5) is 49.8. The minimum atomic E-state index is -0.887. The SMILES string of the molecule is Cc1ccc(NC(=O)C2c3cc4ccccc4nc3C(=O)N2CC2CC(C)(C)NC2=O)cn1. The highest BCUT2D eigenvalue weighted by Crippen LogP contribution is 2.37. The highest BCUT2D eigenvalue weighted by molar-refractivity contribution is 6.08. The van der Waals surface area contributed by atoms with Gasteiger partial charge in [0.15, 0.2) is 0 Å². The Labute approximate surface area is 191 Å². The number of hydrogen-bond donors (Lipinski definition) is 2. The van der Waals surface area contributed by atoms with Gasteiger partial charge in [-0.25, -0.2) is 4.98 Å². The summed E-state index contributed by atoms with van der Waals surface area (Å²) in [5, 5.41) is 6.69. The Balaban J connectivity index is 1.53. The summed E-state index contributed by atoms with van der Waals surface area (Å²) in [5.74, 6) is -1.20. The van der Waals surface area contributed by atoms with Crippen molar-refractivity contribution in [2.24, 2.45) is 5.92 Å². The number of anilines is 1. The lowest BCUT2D eigenvalue weighted by atomic mass is 9.96. The number of benzene rings is 1. The minimum Gasteiger partial charge on any atom is -0.351 e. The first-order chi connectivity index (χ1) is 15.7. The molecule has 4 heterocycles. The van der Waals surface area contributed by atoms with Gasteiger partial charge in [-0.05, 0) is 51.5 Å². The van der Waals surface area contributed by atoms with Gasteiger partial charge in [-0.2, -0.15) is 0 Å². The van der Waals surface area contributed by atoms with E-state index in [2.05, 4.69) is 20.6 Å². The third-order valence-electron chi connectivity index (χ3n) is 6.26. The van der Waals surface area contributed by atoms with Gasteiger partial charge in [0.05, 0.1) is 23.3 Å². The van der Waals surface area contributed by atoms with Crippen molar-refractivity contribution in [2.75, 3.05) is 11.9 Å². The van der Waals surface area contributed by atoms with E-state index in [1.807, 2.05) is 51.1 Å². The van der Waals surface area contributed by atoms with E-state index in [1.54, 1.807) is 18.3 Å². The van der Waals surface area contributed by atoms with Crippen molar-refractivity contribution in [3.63, 3.8) is 0 Å². The molecule has 2 aromatic heterocycles. The number of carbonyl (C=O) groups excluding carboxylic acids is 3. The zero-order valence-corrected chi connectivity index (χ0v) is 18.8. The average Bonchev–Trinajstić information content (AvgIpc) is 3.19. The normalized spacial score (nSPS) is 21.2. The maximum Gasteiger partial charge on any atom is 0.273 e. The van der Waals surface area contributed by atoms with E-state index < -0.39 is 12.0 Å². The number of amides is 3. The fraction of sp³-hybridized carbons (Fsp3) is 0.320. The van der Waals surface area contributed by atoms with Crippen LogP contribution in [0.1, 0.15) is 48.1 Å². The summed E-state index contributed by atoms with van der Waals surface area (Å²) in [5.41, 5.74) is 2.52. The van der Waals surface area contributed by atoms with Crippen molar-refractivity contribution < 1.29 is 14.4 Å². The van der Waals surface area contributed by atoms with E-state index in [4.69, 9.17) is 0 Å². The van der Waals surface area contributed by atoms with Crippen molar-refractivity contribution in [1.82, 2.24) is 20.2 Å². The van der Waals surface area contributed by atoms with Gasteiger partial charge in [0.1, 0.15) is 11.7 Å². The number of nitrogens with one attached hydrogen (secondary N) is 2. The second-order valence-electron chi connectivity index (χ2n) is 9.43. The number of para-hydroxylation sites is 1. The third kappa shape index (κ3) is 3.82. The van der Waals surface area contributed by atoms with Crippen molar-refractivity contribution in [2.45, 2.75) is 38.8 Å². The Kier molecular flexibility index (Phi) is 4.88. The Hall–Kier alpha value is -3.81. The number of rotatable bonds is 4. The van der Waals surface area contributed by atoms with Crippen LogP contribution in [0.2, 0.25) is 0 Å². The molecule has 0 bridgehead atoms. The molecule has 8 nitrogen and oxygen atoms in total. The van der Waals surface area contributed by atoms with Crippen LogP contribution in [0.5, 0.6) is 0 Å². The summed E-state index contributed by atoms with van der Waals surface area (Å²) in [6, 6.07) is 12.0. The quantitative estimate of drug-likeness (QED) is 0.645. The molecular formula is C25H25N5O3. The molecule has 168 valence electrons. The number of fused-ring (bicyclic) bond motifs is 2. The molecule has 0 radical (unpaired) electrons. The van der Waals surface area contributed by atoms with E-state index in [0.29, 0.717) is 23.2 Å². The topological polar surface area (TPSA) is 104 Å². The first kappa shape index (κ1) is 21.1. The van der Waals surface area contributed by atoms with E-state index in [-0.39, 0.29) is 35.5 Å². The highest BCUT2D eigenvalue weighted by atomic mass is 16.2. The second kappa shape index (κ2) is 7.65. The van der Waals surface area contributed by atoms with E-state index in [1.165, 1.54) is 4.90 Å².